The molecule has 0 saturated heterocycles. The van der Waals surface area contributed by atoms with Crippen molar-refractivity contribution in [3.63, 3.8) is 0 Å². The molecule has 25 heavy (non-hydrogen) atoms. The quantitative estimate of drug-likeness (QED) is 0.411. The van der Waals surface area contributed by atoms with E-state index in [1.54, 1.807) is 6.33 Å². The first kappa shape index (κ1) is 15.5. The molecular weight excluding hydrogens is 322 g/mol. The van der Waals surface area contributed by atoms with Crippen molar-refractivity contribution < 1.29 is 0 Å². The molecule has 4 aromatic rings. The molecule has 0 unspecified atom stereocenters. The average molecular weight is 341 g/mol. The molecule has 1 aromatic heterocycles. The molecule has 1 heterocycles. The lowest BCUT2D eigenvalue weighted by Gasteiger charge is -2.33. The van der Waals surface area contributed by atoms with Gasteiger partial charge in [-0.3, -0.25) is 4.68 Å². The minimum absolute atomic E-state index is 0.824. The predicted octanol–water partition coefficient (Wildman–Crippen LogP) is 1.99. The molecule has 0 radical (unpaired) electrons. The lowest BCUT2D eigenvalue weighted by molar-refractivity contribution is 0.730. The maximum atomic E-state index is 4.42. The number of nitrogens with zero attached hydrogens (tertiary/aromatic N) is 3. The van der Waals surface area contributed by atoms with Gasteiger partial charge in [-0.25, -0.2) is 4.98 Å². The van der Waals surface area contributed by atoms with Gasteiger partial charge in [0, 0.05) is 6.17 Å². The molecule has 3 aromatic carbocycles. The Labute approximate surface area is 148 Å². The van der Waals surface area contributed by atoms with Crippen LogP contribution in [0, 0.1) is 0 Å². The van der Waals surface area contributed by atoms with Gasteiger partial charge in [0.1, 0.15) is 12.7 Å². The van der Waals surface area contributed by atoms with E-state index in [1.807, 2.05) is 11.0 Å². The summed E-state index contributed by atoms with van der Waals surface area (Å²) in [5, 5.41) is 8.55. The summed E-state index contributed by atoms with van der Waals surface area (Å²) in [6.07, 6.45) is 4.25. The van der Waals surface area contributed by atoms with Crippen LogP contribution in [0.25, 0.3) is 0 Å². The Hall–Kier alpha value is -2.98. The van der Waals surface area contributed by atoms with Crippen LogP contribution < -0.4 is 15.6 Å². The van der Waals surface area contributed by atoms with Crippen LogP contribution in [0.1, 0.15) is 0 Å². The van der Waals surface area contributed by atoms with Crippen molar-refractivity contribution in [2.45, 2.75) is 6.17 Å². The van der Waals surface area contributed by atoms with Crippen molar-refractivity contribution >= 4 is 23.6 Å². The second kappa shape index (κ2) is 6.87. The zero-order chi connectivity index (χ0) is 17.0. The first-order chi connectivity index (χ1) is 12.4. The molecule has 0 aliphatic heterocycles. The summed E-state index contributed by atoms with van der Waals surface area (Å²) >= 11 is 0. The third kappa shape index (κ3) is 2.92. The van der Waals surface area contributed by atoms with E-state index in [0.717, 1.165) is 6.17 Å². The first-order valence-electron chi connectivity index (χ1n) is 8.38. The largest absolute Gasteiger partial charge is 0.255 e. The summed E-state index contributed by atoms with van der Waals surface area (Å²) in [7, 11) is -2.27. The number of hydrogen-bond donors (Lipinski definition) is 0. The van der Waals surface area contributed by atoms with Gasteiger partial charge < -0.3 is 0 Å². The molecule has 0 N–H and O–H groups in total. The minimum Gasteiger partial charge on any atom is -0.255 e. The maximum absolute atomic E-state index is 4.42. The average Bonchev–Trinajstić information content (AvgIpc) is 3.21. The number of aromatic nitrogens is 3. The molecular formula is C21H19N3Si. The molecule has 0 fully saturated rings. The van der Waals surface area contributed by atoms with Crippen molar-refractivity contribution in [2.75, 3.05) is 0 Å². The van der Waals surface area contributed by atoms with Crippen LogP contribution in [-0.2, 0) is 6.17 Å². The molecule has 0 amide bonds. The third-order valence-corrected chi connectivity index (χ3v) is 9.42. The molecule has 3 nitrogen and oxygen atoms in total. The maximum Gasteiger partial charge on any atom is 0.169 e. The van der Waals surface area contributed by atoms with Crippen LogP contribution >= 0.6 is 0 Å². The van der Waals surface area contributed by atoms with E-state index in [2.05, 4.69) is 101 Å². The van der Waals surface area contributed by atoms with Crippen molar-refractivity contribution in [3.05, 3.63) is 104 Å². The summed E-state index contributed by atoms with van der Waals surface area (Å²) < 4.78 is 1.97. The Morgan fingerprint density at radius 3 is 1.44 bits per heavy atom. The SMILES string of the molecule is c1ccc([Si](Cn2cncn2)(c2ccccc2)c2ccccc2)cc1. The van der Waals surface area contributed by atoms with Crippen molar-refractivity contribution in [3.8, 4) is 0 Å². The molecule has 122 valence electrons. The van der Waals surface area contributed by atoms with Gasteiger partial charge in [-0.2, -0.15) is 5.10 Å². The van der Waals surface area contributed by atoms with E-state index in [0.29, 0.717) is 0 Å². The topological polar surface area (TPSA) is 30.7 Å². The fraction of sp³-hybridized carbons (Fsp3) is 0.0476. The van der Waals surface area contributed by atoms with Gasteiger partial charge in [0.25, 0.3) is 0 Å². The highest BCUT2D eigenvalue weighted by atomic mass is 28.3. The van der Waals surface area contributed by atoms with E-state index in [1.165, 1.54) is 15.6 Å². The van der Waals surface area contributed by atoms with E-state index in [-0.39, 0.29) is 0 Å². The lowest BCUT2D eigenvalue weighted by Crippen LogP contribution is -2.69. The van der Waals surface area contributed by atoms with E-state index in [4.69, 9.17) is 0 Å². The van der Waals surface area contributed by atoms with Gasteiger partial charge in [0.2, 0.25) is 0 Å². The summed E-state index contributed by atoms with van der Waals surface area (Å²) in [6, 6.07) is 32.5. The van der Waals surface area contributed by atoms with Gasteiger partial charge in [0.15, 0.2) is 8.07 Å². The molecule has 0 saturated carbocycles. The lowest BCUT2D eigenvalue weighted by atomic mass is 10.3. The number of rotatable bonds is 5. The van der Waals surface area contributed by atoms with Crippen LogP contribution in [-0.4, -0.2) is 22.8 Å². The van der Waals surface area contributed by atoms with Gasteiger partial charge >= 0.3 is 0 Å². The van der Waals surface area contributed by atoms with Gasteiger partial charge in [0.05, 0.1) is 0 Å². The summed E-state index contributed by atoms with van der Waals surface area (Å²) in [5.41, 5.74) is 0. The van der Waals surface area contributed by atoms with Crippen LogP contribution in [0.3, 0.4) is 0 Å². The van der Waals surface area contributed by atoms with Crippen LogP contribution in [0.4, 0.5) is 0 Å². The van der Waals surface area contributed by atoms with Crippen molar-refractivity contribution in [1.82, 2.24) is 14.8 Å². The third-order valence-electron chi connectivity index (χ3n) is 4.67. The number of benzene rings is 3. The predicted molar refractivity (Wildman–Crippen MR) is 104 cm³/mol. The first-order valence-corrected chi connectivity index (χ1v) is 10.6. The molecule has 0 aliphatic rings. The Morgan fingerprint density at radius 1 is 0.640 bits per heavy atom. The molecule has 4 heteroatoms. The smallest absolute Gasteiger partial charge is 0.169 e. The summed E-state index contributed by atoms with van der Waals surface area (Å²) in [6.45, 7) is 0. The monoisotopic (exact) mass is 341 g/mol. The van der Waals surface area contributed by atoms with Crippen LogP contribution in [0.2, 0.25) is 0 Å². The second-order valence-electron chi connectivity index (χ2n) is 6.10. The molecule has 0 bridgehead atoms. The van der Waals surface area contributed by atoms with Gasteiger partial charge in [-0.1, -0.05) is 91.0 Å². The van der Waals surface area contributed by atoms with E-state index < -0.39 is 8.07 Å². The normalized spacial score (nSPS) is 11.4. The molecule has 4 rings (SSSR count). The highest BCUT2D eigenvalue weighted by Gasteiger charge is 2.40. The molecule has 0 spiro atoms. The Kier molecular flexibility index (Phi) is 4.27. The Balaban J connectivity index is 2.01. The van der Waals surface area contributed by atoms with Crippen LogP contribution in [0.5, 0.6) is 0 Å². The standard InChI is InChI=1S/C21H19N3Si/c1-4-10-19(11-5-1)25(18-24-17-22-16-23-24,20-12-6-2-7-13-20)21-14-8-3-9-15-21/h1-17H,18H2. The van der Waals surface area contributed by atoms with Gasteiger partial charge in [-0.05, 0) is 15.6 Å². The highest BCUT2D eigenvalue weighted by molar-refractivity contribution is 7.10. The Morgan fingerprint density at radius 2 is 1.08 bits per heavy atom. The zero-order valence-corrected chi connectivity index (χ0v) is 14.9. The van der Waals surface area contributed by atoms with Crippen LogP contribution in [0.15, 0.2) is 104 Å². The van der Waals surface area contributed by atoms with E-state index in [9.17, 15) is 0 Å². The summed E-state index contributed by atoms with van der Waals surface area (Å²) in [5.74, 6) is 0. The fourth-order valence-electron chi connectivity index (χ4n) is 3.50. The highest BCUT2D eigenvalue weighted by Crippen LogP contribution is 2.10. The number of hydrogen-bond acceptors (Lipinski definition) is 2. The minimum atomic E-state index is -2.27. The molecule has 0 aliphatic carbocycles. The zero-order valence-electron chi connectivity index (χ0n) is 13.9. The van der Waals surface area contributed by atoms with Crippen molar-refractivity contribution in [1.29, 1.82) is 0 Å². The fourth-order valence-corrected chi connectivity index (χ4v) is 7.98. The van der Waals surface area contributed by atoms with Crippen molar-refractivity contribution in [2.24, 2.45) is 0 Å². The van der Waals surface area contributed by atoms with E-state index >= 15 is 0 Å². The molecule has 0 atom stereocenters. The van der Waals surface area contributed by atoms with Gasteiger partial charge in [-0.15, -0.1) is 0 Å². The second-order valence-corrected chi connectivity index (χ2v) is 9.96. The Bertz CT molecular complexity index is 811. The summed E-state index contributed by atoms with van der Waals surface area (Å²) in [4.78, 5) is 4.16.